The molecule has 42 heavy (non-hydrogen) atoms. The number of para-hydroxylation sites is 2. The Morgan fingerprint density at radius 1 is 0.333 bits per heavy atom. The molecule has 6 aromatic carbocycles. The minimum atomic E-state index is -2.58. The number of ether oxygens (including phenoxy) is 4. The molecule has 4 heterocycles. The SMILES string of the molecule is S=P12c3ccccc3Oc3cccc(c31)Oc1ccc3c4c(ccc3c12)Oc1cccc2c1P4(=S)c1ccccc1O2. The van der Waals surface area contributed by atoms with Crippen molar-refractivity contribution < 1.29 is 18.9 Å². The standard InChI is InChI=1S/C34H18O4P2S2/c41-39-29-13-3-1-7-21(29)35-23-9-5-11-25(33(23)39)37-27-17-16-20-19(31(27)39)15-18-28-32(20)40(42)30-14-4-2-8-22(30)36-24-10-6-12-26(38-28)34(24)40/h1-18H. The molecule has 0 amide bonds. The maximum Gasteiger partial charge on any atom is 0.140 e. The lowest BCUT2D eigenvalue weighted by molar-refractivity contribution is 0.465. The van der Waals surface area contributed by atoms with Gasteiger partial charge in [-0.15, -0.1) is 0 Å². The zero-order chi connectivity index (χ0) is 27.8. The molecule has 8 heteroatoms. The summed E-state index contributed by atoms with van der Waals surface area (Å²) in [5, 5.41) is 8.19. The normalized spacial score (nSPS) is 21.0. The van der Waals surface area contributed by atoms with E-state index in [1.807, 2.05) is 72.8 Å². The van der Waals surface area contributed by atoms with Crippen LogP contribution in [0.4, 0.5) is 0 Å². The molecule has 2 atom stereocenters. The van der Waals surface area contributed by atoms with Crippen LogP contribution in [0.25, 0.3) is 10.8 Å². The monoisotopic (exact) mass is 616 g/mol. The summed E-state index contributed by atoms with van der Waals surface area (Å²) in [5.74, 6) is 6.25. The Morgan fingerprint density at radius 3 is 1.10 bits per heavy atom. The Morgan fingerprint density at radius 2 is 0.667 bits per heavy atom. The van der Waals surface area contributed by atoms with Gasteiger partial charge >= 0.3 is 0 Å². The van der Waals surface area contributed by atoms with Crippen molar-refractivity contribution in [3.05, 3.63) is 109 Å². The number of rotatable bonds is 0. The molecule has 6 aromatic rings. The van der Waals surface area contributed by atoms with Crippen LogP contribution in [-0.2, 0) is 23.6 Å². The topological polar surface area (TPSA) is 36.9 Å². The summed E-state index contributed by atoms with van der Waals surface area (Å²) in [6.07, 6.45) is 0. The van der Waals surface area contributed by atoms with Crippen molar-refractivity contribution in [2.24, 2.45) is 0 Å². The van der Waals surface area contributed by atoms with Crippen molar-refractivity contribution in [3.8, 4) is 46.0 Å². The molecule has 0 spiro atoms. The minimum Gasteiger partial charge on any atom is -0.456 e. The summed E-state index contributed by atoms with van der Waals surface area (Å²) >= 11 is 13.7. The van der Waals surface area contributed by atoms with E-state index in [0.29, 0.717) is 0 Å². The fraction of sp³-hybridized carbons (Fsp3) is 0. The second kappa shape index (κ2) is 7.92. The highest BCUT2D eigenvalue weighted by atomic mass is 32.4. The molecule has 0 saturated heterocycles. The first-order chi connectivity index (χ1) is 20.6. The number of hydrogen-bond donors (Lipinski definition) is 0. The van der Waals surface area contributed by atoms with E-state index in [1.165, 1.54) is 0 Å². The molecule has 4 aliphatic heterocycles. The first-order valence-electron chi connectivity index (χ1n) is 13.6. The van der Waals surface area contributed by atoms with Gasteiger partial charge < -0.3 is 18.9 Å². The zero-order valence-corrected chi connectivity index (χ0v) is 25.2. The third kappa shape index (κ3) is 2.71. The van der Waals surface area contributed by atoms with Crippen molar-refractivity contribution in [2.45, 2.75) is 0 Å². The lowest BCUT2D eigenvalue weighted by Gasteiger charge is -2.40. The fourth-order valence-electron chi connectivity index (χ4n) is 6.89. The third-order valence-electron chi connectivity index (χ3n) is 8.54. The highest BCUT2D eigenvalue weighted by Crippen LogP contribution is 2.62. The first kappa shape index (κ1) is 23.6. The van der Waals surface area contributed by atoms with Crippen molar-refractivity contribution in [1.29, 1.82) is 0 Å². The quantitative estimate of drug-likeness (QED) is 0.175. The van der Waals surface area contributed by atoms with Crippen molar-refractivity contribution in [2.75, 3.05) is 0 Å². The summed E-state index contributed by atoms with van der Waals surface area (Å²) in [6, 6.07) is 31.5. The Kier molecular flexibility index (Phi) is 4.45. The molecule has 0 aromatic heterocycles. The van der Waals surface area contributed by atoms with Gasteiger partial charge in [-0.3, -0.25) is 0 Å². The van der Waals surface area contributed by atoms with E-state index < -0.39 is 12.1 Å². The Balaban J connectivity index is 1.35. The molecule has 0 bridgehead atoms. The van der Waals surface area contributed by atoms with Crippen LogP contribution in [0.1, 0.15) is 0 Å². The van der Waals surface area contributed by atoms with Crippen LogP contribution in [0.15, 0.2) is 109 Å². The van der Waals surface area contributed by atoms with Gasteiger partial charge in [0.05, 0.1) is 22.7 Å². The van der Waals surface area contributed by atoms with Gasteiger partial charge in [-0.2, -0.15) is 0 Å². The van der Waals surface area contributed by atoms with Gasteiger partial charge in [0.2, 0.25) is 0 Å². The predicted molar refractivity (Wildman–Crippen MR) is 176 cm³/mol. The molecule has 0 fully saturated rings. The lowest BCUT2D eigenvalue weighted by Crippen LogP contribution is -2.37. The summed E-state index contributed by atoms with van der Waals surface area (Å²) in [5.41, 5.74) is 0. The average molecular weight is 617 g/mol. The maximum atomic E-state index is 6.87. The average Bonchev–Trinajstić information content (AvgIpc) is 3.01. The molecular formula is C34H18O4P2S2. The zero-order valence-electron chi connectivity index (χ0n) is 21.7. The van der Waals surface area contributed by atoms with Gasteiger partial charge in [-0.25, -0.2) is 0 Å². The van der Waals surface area contributed by atoms with E-state index in [4.69, 9.17) is 42.6 Å². The highest BCUT2D eigenvalue weighted by molar-refractivity contribution is 8.26. The number of benzene rings is 6. The maximum absolute atomic E-state index is 6.87. The Bertz CT molecular complexity index is 2160. The van der Waals surface area contributed by atoms with Crippen LogP contribution in [-0.4, -0.2) is 0 Å². The van der Waals surface area contributed by atoms with Gasteiger partial charge in [0.25, 0.3) is 0 Å². The first-order valence-corrected chi connectivity index (χ1v) is 19.2. The van der Waals surface area contributed by atoms with Gasteiger partial charge in [0.15, 0.2) is 0 Å². The minimum absolute atomic E-state index is 0.766. The van der Waals surface area contributed by atoms with Crippen molar-refractivity contribution in [3.63, 3.8) is 0 Å². The lowest BCUT2D eigenvalue weighted by atomic mass is 10.1. The Labute approximate surface area is 251 Å². The Hall–Kier alpha value is -3.92. The highest BCUT2D eigenvalue weighted by Gasteiger charge is 2.46. The van der Waals surface area contributed by atoms with Crippen LogP contribution in [0.2, 0.25) is 0 Å². The number of fused-ring (bicyclic) bond motifs is 11. The molecule has 10 rings (SSSR count). The van der Waals surface area contributed by atoms with Gasteiger partial charge in [0, 0.05) is 21.2 Å². The van der Waals surface area contributed by atoms with Crippen LogP contribution in [0.5, 0.6) is 46.0 Å². The number of hydrogen-bond acceptors (Lipinski definition) is 6. The van der Waals surface area contributed by atoms with Crippen molar-refractivity contribution >= 4 is 78.3 Å². The van der Waals surface area contributed by atoms with Crippen LogP contribution in [0.3, 0.4) is 0 Å². The predicted octanol–water partition coefficient (Wildman–Crippen LogP) is 6.77. The second-order valence-electron chi connectivity index (χ2n) is 10.7. The smallest absolute Gasteiger partial charge is 0.140 e. The van der Waals surface area contributed by atoms with Gasteiger partial charge in [-0.1, -0.05) is 60.0 Å². The van der Waals surface area contributed by atoms with E-state index in [2.05, 4.69) is 36.4 Å². The molecule has 0 N–H and O–H groups in total. The van der Waals surface area contributed by atoms with Gasteiger partial charge in [0.1, 0.15) is 46.0 Å². The molecule has 0 saturated carbocycles. The molecule has 4 nitrogen and oxygen atoms in total. The van der Waals surface area contributed by atoms with E-state index >= 15 is 0 Å². The third-order valence-corrected chi connectivity index (χ3v) is 18.3. The van der Waals surface area contributed by atoms with Crippen LogP contribution in [0, 0.1) is 0 Å². The summed E-state index contributed by atoms with van der Waals surface area (Å²) in [6.45, 7) is 0. The van der Waals surface area contributed by atoms with Crippen LogP contribution < -0.4 is 50.8 Å². The van der Waals surface area contributed by atoms with E-state index in [9.17, 15) is 0 Å². The summed E-state index contributed by atoms with van der Waals surface area (Å²) < 4.78 is 26.0. The van der Waals surface area contributed by atoms with Gasteiger partial charge in [-0.05, 0) is 83.6 Å². The second-order valence-corrected chi connectivity index (χ2v) is 19.2. The van der Waals surface area contributed by atoms with Crippen molar-refractivity contribution in [1.82, 2.24) is 0 Å². The summed E-state index contributed by atoms with van der Waals surface area (Å²) in [7, 11) is 0. The molecule has 4 aliphatic rings. The molecule has 200 valence electrons. The molecule has 2 unspecified atom stereocenters. The van der Waals surface area contributed by atoms with E-state index in [0.717, 1.165) is 88.6 Å². The fourth-order valence-corrected chi connectivity index (χ4v) is 16.5. The van der Waals surface area contributed by atoms with Crippen LogP contribution >= 0.6 is 12.1 Å². The summed E-state index contributed by atoms with van der Waals surface area (Å²) in [4.78, 5) is 0. The molecule has 0 aliphatic carbocycles. The molecular weight excluding hydrogens is 598 g/mol. The van der Waals surface area contributed by atoms with E-state index in [-0.39, 0.29) is 0 Å². The molecule has 0 radical (unpaired) electrons. The van der Waals surface area contributed by atoms with E-state index in [1.54, 1.807) is 0 Å². The largest absolute Gasteiger partial charge is 0.456 e.